The lowest BCUT2D eigenvalue weighted by atomic mass is 9.88. The molecule has 1 heterocycles. The van der Waals surface area contributed by atoms with Crippen molar-refractivity contribution in [3.05, 3.63) is 18.0 Å². The van der Waals surface area contributed by atoms with Gasteiger partial charge in [-0.2, -0.15) is 0 Å². The van der Waals surface area contributed by atoms with E-state index in [-0.39, 0.29) is 11.5 Å². The van der Waals surface area contributed by atoms with Crippen molar-refractivity contribution in [3.8, 4) is 0 Å². The van der Waals surface area contributed by atoms with Gasteiger partial charge in [0.15, 0.2) is 0 Å². The van der Waals surface area contributed by atoms with Gasteiger partial charge in [-0.25, -0.2) is 13.1 Å². The molecule has 5 nitrogen and oxygen atoms in total. The van der Waals surface area contributed by atoms with Crippen molar-refractivity contribution in [1.82, 2.24) is 15.0 Å². The van der Waals surface area contributed by atoms with Crippen LogP contribution in [0.3, 0.4) is 0 Å². The van der Waals surface area contributed by atoms with Gasteiger partial charge in [-0.15, -0.1) is 0 Å². The Morgan fingerprint density at radius 2 is 2.10 bits per heavy atom. The molecule has 0 amide bonds. The highest BCUT2D eigenvalue weighted by atomic mass is 32.2. The van der Waals surface area contributed by atoms with Crippen LogP contribution in [0.5, 0.6) is 0 Å². The fourth-order valence-electron chi connectivity index (χ4n) is 3.02. The van der Waals surface area contributed by atoms with E-state index in [4.69, 9.17) is 0 Å². The molecular formula is C15H25N3O2S. The molecule has 1 atom stereocenters. The van der Waals surface area contributed by atoms with E-state index in [1.54, 1.807) is 12.3 Å². The third-order valence-corrected chi connectivity index (χ3v) is 6.19. The maximum Gasteiger partial charge on any atom is 0.242 e. The van der Waals surface area contributed by atoms with Gasteiger partial charge in [0.2, 0.25) is 10.0 Å². The monoisotopic (exact) mass is 311 g/mol. The van der Waals surface area contributed by atoms with Gasteiger partial charge in [0.1, 0.15) is 0 Å². The number of nitrogens with one attached hydrogen (secondary N) is 3. The van der Waals surface area contributed by atoms with Crippen molar-refractivity contribution in [1.29, 1.82) is 0 Å². The quantitative estimate of drug-likeness (QED) is 0.753. The van der Waals surface area contributed by atoms with Crippen LogP contribution < -0.4 is 10.0 Å². The van der Waals surface area contributed by atoms with Gasteiger partial charge in [0.05, 0.1) is 4.90 Å². The van der Waals surface area contributed by atoms with E-state index in [1.165, 1.54) is 12.8 Å². The highest BCUT2D eigenvalue weighted by Crippen LogP contribution is 2.37. The largest absolute Gasteiger partial charge is 0.363 e. The molecule has 118 valence electrons. The molecule has 1 aromatic heterocycles. The van der Waals surface area contributed by atoms with Crippen LogP contribution in [-0.2, 0) is 16.6 Å². The molecule has 0 aromatic carbocycles. The van der Waals surface area contributed by atoms with Gasteiger partial charge in [-0.3, -0.25) is 0 Å². The van der Waals surface area contributed by atoms with E-state index in [1.807, 2.05) is 0 Å². The van der Waals surface area contributed by atoms with E-state index in [0.717, 1.165) is 25.0 Å². The number of hydrogen-bond acceptors (Lipinski definition) is 3. The average Bonchev–Trinajstić information content (AvgIpc) is 3.00. The molecule has 0 spiro atoms. The van der Waals surface area contributed by atoms with E-state index in [0.29, 0.717) is 17.5 Å². The highest BCUT2D eigenvalue weighted by Gasteiger charge is 2.37. The van der Waals surface area contributed by atoms with Crippen LogP contribution in [0, 0.1) is 5.41 Å². The van der Waals surface area contributed by atoms with E-state index >= 15 is 0 Å². The minimum Gasteiger partial charge on any atom is -0.363 e. The zero-order valence-corrected chi connectivity index (χ0v) is 13.6. The maximum atomic E-state index is 12.5. The number of aromatic amines is 1. The molecule has 0 bridgehead atoms. The topological polar surface area (TPSA) is 74.0 Å². The second-order valence-corrected chi connectivity index (χ2v) is 8.78. The number of rotatable bonds is 6. The lowest BCUT2D eigenvalue weighted by Crippen LogP contribution is -2.41. The van der Waals surface area contributed by atoms with Crippen molar-refractivity contribution in [2.45, 2.75) is 69.5 Å². The first-order valence-electron chi connectivity index (χ1n) is 7.80. The number of sulfonamides is 1. The molecule has 2 fully saturated rings. The Labute approximate surface area is 127 Å². The van der Waals surface area contributed by atoms with Crippen LogP contribution in [0.15, 0.2) is 17.2 Å². The number of aromatic nitrogens is 1. The fourth-order valence-corrected chi connectivity index (χ4v) is 4.48. The second kappa shape index (κ2) is 5.41. The summed E-state index contributed by atoms with van der Waals surface area (Å²) in [6.45, 7) is 4.97. The summed E-state index contributed by atoms with van der Waals surface area (Å²) >= 11 is 0. The Hall–Kier alpha value is -0.850. The molecule has 3 rings (SSSR count). The standard InChI is InChI=1S/C15H25N3O2S/c1-15(2)7-3-4-14(15)18-21(19,20)13-8-12(17-10-13)9-16-11-5-6-11/h8,10-11,14,16-18H,3-7,9H2,1-2H3. The smallest absolute Gasteiger partial charge is 0.242 e. The molecule has 6 heteroatoms. The summed E-state index contributed by atoms with van der Waals surface area (Å²) in [6.07, 6.45) is 7.13. The molecule has 2 aliphatic carbocycles. The minimum atomic E-state index is -3.43. The lowest BCUT2D eigenvalue weighted by Gasteiger charge is -2.27. The zero-order valence-electron chi connectivity index (χ0n) is 12.8. The first-order valence-corrected chi connectivity index (χ1v) is 9.28. The van der Waals surface area contributed by atoms with Gasteiger partial charge < -0.3 is 10.3 Å². The van der Waals surface area contributed by atoms with Gasteiger partial charge in [-0.05, 0) is 37.2 Å². The van der Waals surface area contributed by atoms with Crippen molar-refractivity contribution < 1.29 is 8.42 Å². The molecule has 1 aromatic rings. The van der Waals surface area contributed by atoms with Crippen LogP contribution in [0.25, 0.3) is 0 Å². The van der Waals surface area contributed by atoms with Crippen molar-refractivity contribution in [2.75, 3.05) is 0 Å². The van der Waals surface area contributed by atoms with Crippen molar-refractivity contribution in [3.63, 3.8) is 0 Å². The summed E-state index contributed by atoms with van der Waals surface area (Å²) in [6, 6.07) is 2.39. The third-order valence-electron chi connectivity index (χ3n) is 4.74. The molecule has 2 aliphatic rings. The van der Waals surface area contributed by atoms with Crippen LogP contribution in [0.2, 0.25) is 0 Å². The Morgan fingerprint density at radius 1 is 1.33 bits per heavy atom. The van der Waals surface area contributed by atoms with E-state index < -0.39 is 10.0 Å². The molecule has 2 saturated carbocycles. The molecule has 0 radical (unpaired) electrons. The third kappa shape index (κ3) is 3.49. The second-order valence-electron chi connectivity index (χ2n) is 7.07. The highest BCUT2D eigenvalue weighted by molar-refractivity contribution is 7.89. The summed E-state index contributed by atoms with van der Waals surface area (Å²) in [5.74, 6) is 0. The SMILES string of the molecule is CC1(C)CCCC1NS(=O)(=O)c1c[nH]c(CNC2CC2)c1. The van der Waals surface area contributed by atoms with E-state index in [9.17, 15) is 8.42 Å². The fraction of sp³-hybridized carbons (Fsp3) is 0.733. The molecule has 1 unspecified atom stereocenters. The Kier molecular flexibility index (Phi) is 3.88. The van der Waals surface area contributed by atoms with Gasteiger partial charge in [-0.1, -0.05) is 20.3 Å². The number of H-pyrrole nitrogens is 1. The lowest BCUT2D eigenvalue weighted by molar-refractivity contribution is 0.313. The summed E-state index contributed by atoms with van der Waals surface area (Å²) in [4.78, 5) is 3.40. The molecule has 0 saturated heterocycles. The van der Waals surface area contributed by atoms with Crippen molar-refractivity contribution >= 4 is 10.0 Å². The van der Waals surface area contributed by atoms with Gasteiger partial charge in [0, 0.05) is 30.5 Å². The normalized spacial score (nSPS) is 25.3. The molecule has 21 heavy (non-hydrogen) atoms. The first-order chi connectivity index (χ1) is 9.87. The summed E-state index contributed by atoms with van der Waals surface area (Å²) in [5.41, 5.74) is 0.965. The molecule has 3 N–H and O–H groups in total. The van der Waals surface area contributed by atoms with Crippen molar-refractivity contribution in [2.24, 2.45) is 5.41 Å². The van der Waals surface area contributed by atoms with Crippen LogP contribution in [0.4, 0.5) is 0 Å². The Balaban J connectivity index is 1.66. The summed E-state index contributed by atoms with van der Waals surface area (Å²) in [5, 5.41) is 3.38. The van der Waals surface area contributed by atoms with Crippen LogP contribution >= 0.6 is 0 Å². The maximum absolute atomic E-state index is 12.5. The van der Waals surface area contributed by atoms with Gasteiger partial charge >= 0.3 is 0 Å². The molecule has 0 aliphatic heterocycles. The molecular weight excluding hydrogens is 286 g/mol. The predicted molar refractivity (Wildman–Crippen MR) is 82.4 cm³/mol. The van der Waals surface area contributed by atoms with E-state index in [2.05, 4.69) is 28.9 Å². The zero-order chi connectivity index (χ0) is 15.1. The van der Waals surface area contributed by atoms with Crippen LogP contribution in [-0.4, -0.2) is 25.5 Å². The average molecular weight is 311 g/mol. The summed E-state index contributed by atoms with van der Waals surface area (Å²) < 4.78 is 27.9. The number of hydrogen-bond donors (Lipinski definition) is 3. The van der Waals surface area contributed by atoms with Crippen LogP contribution in [0.1, 0.15) is 51.6 Å². The minimum absolute atomic E-state index is 0.0328. The Morgan fingerprint density at radius 3 is 2.71 bits per heavy atom. The summed E-state index contributed by atoms with van der Waals surface area (Å²) in [7, 11) is -3.43. The predicted octanol–water partition coefficient (Wildman–Crippen LogP) is 2.12. The Bertz CT molecular complexity index is 602. The van der Waals surface area contributed by atoms with Gasteiger partial charge in [0.25, 0.3) is 0 Å². The first kappa shape index (κ1) is 15.1.